The van der Waals surface area contributed by atoms with Crippen LogP contribution in [0.25, 0.3) is 0 Å². The van der Waals surface area contributed by atoms with Crippen LogP contribution in [0, 0.1) is 0 Å². The lowest BCUT2D eigenvalue weighted by molar-refractivity contribution is -0.0328. The van der Waals surface area contributed by atoms with Crippen LogP contribution in [-0.2, 0) is 9.30 Å². The minimum Gasteiger partial charge on any atom is -0.383 e. The first-order chi connectivity index (χ1) is 9.75. The molecule has 1 aromatic rings. The topological polar surface area (TPSA) is 128 Å². The normalized spacial score (nSPS) is 26.5. The first-order valence-electron chi connectivity index (χ1n) is 6.09. The monoisotopic (exact) mass is 335 g/mol. The first kappa shape index (κ1) is 16.2. The molecule has 4 N–H and O–H groups in total. The van der Waals surface area contributed by atoms with Crippen LogP contribution in [0.1, 0.15) is 19.1 Å². The lowest BCUT2D eigenvalue weighted by Gasteiger charge is -2.24. The third kappa shape index (κ3) is 3.93. The number of halogens is 1. The summed E-state index contributed by atoms with van der Waals surface area (Å²) in [7, 11) is -4.30. The molecule has 1 aromatic heterocycles. The third-order valence-corrected chi connectivity index (χ3v) is 4.14. The predicted octanol–water partition coefficient (Wildman–Crippen LogP) is 0.803. The molecule has 0 saturated carbocycles. The van der Waals surface area contributed by atoms with Crippen LogP contribution in [0.4, 0.5) is 5.82 Å². The molecular weight excluding hydrogens is 321 g/mol. The fourth-order valence-corrected chi connectivity index (χ4v) is 2.85. The van der Waals surface area contributed by atoms with E-state index in [1.54, 1.807) is 0 Å². The number of aromatic nitrogens is 2. The van der Waals surface area contributed by atoms with Crippen LogP contribution in [0.15, 0.2) is 29.0 Å². The van der Waals surface area contributed by atoms with Gasteiger partial charge in [0.05, 0.1) is 5.88 Å². The summed E-state index contributed by atoms with van der Waals surface area (Å²) < 4.78 is 17.9. The van der Waals surface area contributed by atoms with Crippen molar-refractivity contribution in [1.82, 2.24) is 9.55 Å². The van der Waals surface area contributed by atoms with E-state index in [1.165, 1.54) is 22.9 Å². The van der Waals surface area contributed by atoms with Crippen molar-refractivity contribution in [1.29, 1.82) is 0 Å². The highest BCUT2D eigenvalue weighted by atomic mass is 35.5. The lowest BCUT2D eigenvalue weighted by atomic mass is 10.0. The Hall–Kier alpha value is -1.18. The molecule has 1 aliphatic heterocycles. The van der Waals surface area contributed by atoms with Gasteiger partial charge in [0.15, 0.2) is 0 Å². The maximum Gasteiger partial charge on any atom is 0.351 e. The van der Waals surface area contributed by atoms with Gasteiger partial charge in [0.1, 0.15) is 17.6 Å². The minimum atomic E-state index is -4.30. The van der Waals surface area contributed by atoms with Gasteiger partial charge in [0.25, 0.3) is 0 Å². The number of rotatable bonds is 4. The number of nitrogen functional groups attached to an aromatic ring is 1. The largest absolute Gasteiger partial charge is 0.383 e. The number of nitrogens with zero attached hydrogens (tertiary/aromatic N) is 2. The summed E-state index contributed by atoms with van der Waals surface area (Å²) in [6.07, 6.45) is 3.01. The summed E-state index contributed by atoms with van der Waals surface area (Å²) in [5.41, 5.74) is 3.85. The fourth-order valence-electron chi connectivity index (χ4n) is 2.10. The van der Waals surface area contributed by atoms with E-state index in [-0.39, 0.29) is 11.7 Å². The smallest absolute Gasteiger partial charge is 0.351 e. The highest BCUT2D eigenvalue weighted by Crippen LogP contribution is 2.42. The molecule has 1 fully saturated rings. The van der Waals surface area contributed by atoms with Gasteiger partial charge in [0.2, 0.25) is 0 Å². The second kappa shape index (κ2) is 5.90. The van der Waals surface area contributed by atoms with Crippen LogP contribution in [0.3, 0.4) is 0 Å². The summed E-state index contributed by atoms with van der Waals surface area (Å²) in [4.78, 5) is 33.2. The van der Waals surface area contributed by atoms with Crippen molar-refractivity contribution < 1.29 is 19.1 Å². The molecule has 2 atom stereocenters. The van der Waals surface area contributed by atoms with Gasteiger partial charge in [-0.25, -0.2) is 4.79 Å². The Labute approximate surface area is 125 Å². The van der Waals surface area contributed by atoms with Crippen molar-refractivity contribution in [3.05, 3.63) is 34.6 Å². The third-order valence-electron chi connectivity index (χ3n) is 3.15. The van der Waals surface area contributed by atoms with Gasteiger partial charge in [0, 0.05) is 12.0 Å². The summed E-state index contributed by atoms with van der Waals surface area (Å²) in [6, 6.07) is 1.47. The Morgan fingerprint density at radius 1 is 1.67 bits per heavy atom. The SMILES string of the molecule is Nc1ccn([C@H]2CC[C@](/C=C/P(=O)(O)O)(CCl)O2)c(=O)n1. The molecular formula is C11H15ClN3O5P. The standard InChI is InChI=1S/C11H15ClN3O5P/c12-7-11(4-6-21(17,18)19)3-1-9(20-11)15-5-2-8(13)14-10(15)16/h2,4-6,9H,1,3,7H2,(H2,13,14,16)(H2,17,18,19)/b6-4+/t9-,11+/m1/s1. The van der Waals surface area contributed by atoms with Crippen LogP contribution in [-0.4, -0.2) is 30.8 Å². The Bertz CT molecular complexity index is 658. The van der Waals surface area contributed by atoms with Crippen LogP contribution in [0.5, 0.6) is 0 Å². The van der Waals surface area contributed by atoms with Crippen molar-refractivity contribution in [2.24, 2.45) is 0 Å². The molecule has 0 radical (unpaired) electrons. The Balaban J connectivity index is 2.23. The number of nitrogens with two attached hydrogens (primary N) is 1. The minimum absolute atomic E-state index is 0.0111. The Kier molecular flexibility index (Phi) is 4.55. The van der Waals surface area contributed by atoms with Gasteiger partial charge in [-0.15, -0.1) is 11.6 Å². The zero-order valence-corrected chi connectivity index (χ0v) is 12.6. The average Bonchev–Trinajstić information content (AvgIpc) is 2.81. The molecule has 116 valence electrons. The van der Waals surface area contributed by atoms with E-state index >= 15 is 0 Å². The zero-order valence-electron chi connectivity index (χ0n) is 10.9. The van der Waals surface area contributed by atoms with Gasteiger partial charge in [-0.1, -0.05) is 0 Å². The van der Waals surface area contributed by atoms with E-state index in [9.17, 15) is 9.36 Å². The maximum atomic E-state index is 11.8. The fraction of sp³-hybridized carbons (Fsp3) is 0.455. The van der Waals surface area contributed by atoms with Crippen molar-refractivity contribution in [3.63, 3.8) is 0 Å². The van der Waals surface area contributed by atoms with E-state index in [4.69, 9.17) is 31.9 Å². The molecule has 1 saturated heterocycles. The predicted molar refractivity (Wildman–Crippen MR) is 76.9 cm³/mol. The van der Waals surface area contributed by atoms with Crippen LogP contribution in [0.2, 0.25) is 0 Å². The molecule has 0 amide bonds. The number of ether oxygens (including phenoxy) is 1. The molecule has 0 aromatic carbocycles. The average molecular weight is 336 g/mol. The molecule has 2 heterocycles. The highest BCUT2D eigenvalue weighted by molar-refractivity contribution is 7.55. The summed E-state index contributed by atoms with van der Waals surface area (Å²) in [6.45, 7) is 0. The molecule has 21 heavy (non-hydrogen) atoms. The lowest BCUT2D eigenvalue weighted by Crippen LogP contribution is -2.31. The summed E-state index contributed by atoms with van der Waals surface area (Å²) >= 11 is 5.86. The Morgan fingerprint density at radius 3 is 2.95 bits per heavy atom. The quantitative estimate of drug-likeness (QED) is 0.548. The highest BCUT2D eigenvalue weighted by Gasteiger charge is 2.39. The van der Waals surface area contributed by atoms with E-state index in [2.05, 4.69) is 4.98 Å². The van der Waals surface area contributed by atoms with Crippen LogP contribution < -0.4 is 11.4 Å². The van der Waals surface area contributed by atoms with E-state index in [1.807, 2.05) is 0 Å². The van der Waals surface area contributed by atoms with Gasteiger partial charge in [-0.05, 0) is 25.0 Å². The second-order valence-electron chi connectivity index (χ2n) is 4.76. The summed E-state index contributed by atoms with van der Waals surface area (Å²) in [5.74, 6) is 0.887. The number of hydrogen-bond acceptors (Lipinski definition) is 5. The van der Waals surface area contributed by atoms with Crippen LogP contribution >= 0.6 is 19.2 Å². The molecule has 2 rings (SSSR count). The molecule has 1 aliphatic rings. The van der Waals surface area contributed by atoms with Gasteiger partial charge >= 0.3 is 13.3 Å². The molecule has 0 bridgehead atoms. The van der Waals surface area contributed by atoms with Crippen molar-refractivity contribution in [2.45, 2.75) is 24.7 Å². The molecule has 0 aliphatic carbocycles. The molecule has 10 heteroatoms. The van der Waals surface area contributed by atoms with E-state index in [0.717, 1.165) is 5.82 Å². The van der Waals surface area contributed by atoms with E-state index in [0.29, 0.717) is 12.8 Å². The van der Waals surface area contributed by atoms with Gasteiger partial charge < -0.3 is 20.3 Å². The summed E-state index contributed by atoms with van der Waals surface area (Å²) in [5, 5.41) is 0. The molecule has 8 nitrogen and oxygen atoms in total. The van der Waals surface area contributed by atoms with Gasteiger partial charge in [-0.3, -0.25) is 9.13 Å². The van der Waals surface area contributed by atoms with Crippen molar-refractivity contribution in [2.75, 3.05) is 11.6 Å². The number of anilines is 1. The Morgan fingerprint density at radius 2 is 2.38 bits per heavy atom. The molecule has 0 spiro atoms. The number of alkyl halides is 1. The van der Waals surface area contributed by atoms with E-state index < -0.39 is 25.1 Å². The number of hydrogen-bond donors (Lipinski definition) is 3. The van der Waals surface area contributed by atoms with Crippen molar-refractivity contribution >= 4 is 25.0 Å². The molecule has 0 unspecified atom stereocenters. The first-order valence-corrected chi connectivity index (χ1v) is 8.30. The second-order valence-corrected chi connectivity index (χ2v) is 6.50. The maximum absolute atomic E-state index is 11.8. The zero-order chi connectivity index (χ0) is 15.7. The van der Waals surface area contributed by atoms with Gasteiger partial charge in [-0.2, -0.15) is 4.98 Å². The van der Waals surface area contributed by atoms with Crippen molar-refractivity contribution in [3.8, 4) is 0 Å².